The van der Waals surface area contributed by atoms with Gasteiger partial charge in [0.05, 0.1) is 23.7 Å². The third-order valence-corrected chi connectivity index (χ3v) is 7.00. The Hall–Kier alpha value is -3.85. The highest BCUT2D eigenvalue weighted by Gasteiger charge is 2.22. The molecule has 2 aromatic carbocycles. The summed E-state index contributed by atoms with van der Waals surface area (Å²) in [7, 11) is 0. The zero-order valence-electron chi connectivity index (χ0n) is 20.0. The second-order valence-electron chi connectivity index (χ2n) is 8.22. The van der Waals surface area contributed by atoms with E-state index in [0.29, 0.717) is 40.2 Å². The molecule has 1 aliphatic heterocycles. The number of nitrogens with one attached hydrogen (secondary N) is 1. The van der Waals surface area contributed by atoms with Crippen molar-refractivity contribution in [3.63, 3.8) is 0 Å². The number of fused-ring (bicyclic) bond motifs is 1. The van der Waals surface area contributed by atoms with Gasteiger partial charge in [-0.2, -0.15) is 5.10 Å². The Bertz CT molecular complexity index is 1410. The van der Waals surface area contributed by atoms with E-state index in [-0.39, 0.29) is 12.7 Å². The summed E-state index contributed by atoms with van der Waals surface area (Å²) in [6.07, 6.45) is 0.709. The first kappa shape index (κ1) is 22.9. The molecule has 2 aromatic heterocycles. The molecular formula is C26H26N4O4S. The molecule has 1 aliphatic rings. The number of ether oxygens (including phenoxy) is 3. The highest BCUT2D eigenvalue weighted by atomic mass is 32.1. The van der Waals surface area contributed by atoms with Gasteiger partial charge in [-0.25, -0.2) is 9.67 Å². The second kappa shape index (κ2) is 9.42. The van der Waals surface area contributed by atoms with Crippen molar-refractivity contribution in [3.05, 3.63) is 75.6 Å². The van der Waals surface area contributed by atoms with Crippen molar-refractivity contribution in [1.29, 1.82) is 0 Å². The predicted molar refractivity (Wildman–Crippen MR) is 134 cm³/mol. The molecule has 35 heavy (non-hydrogen) atoms. The van der Waals surface area contributed by atoms with E-state index in [4.69, 9.17) is 19.3 Å². The van der Waals surface area contributed by atoms with E-state index in [9.17, 15) is 4.79 Å². The number of nitrogens with zero attached hydrogens (tertiary/aromatic N) is 3. The van der Waals surface area contributed by atoms with Gasteiger partial charge in [0.1, 0.15) is 10.6 Å². The summed E-state index contributed by atoms with van der Waals surface area (Å²) >= 11 is 1.32. The summed E-state index contributed by atoms with van der Waals surface area (Å²) in [6, 6.07) is 13.4. The van der Waals surface area contributed by atoms with Crippen molar-refractivity contribution >= 4 is 22.9 Å². The molecule has 0 radical (unpaired) electrons. The van der Waals surface area contributed by atoms with Crippen LogP contribution in [0.2, 0.25) is 0 Å². The van der Waals surface area contributed by atoms with Crippen LogP contribution in [-0.4, -0.2) is 34.1 Å². The number of para-hydroxylation sites is 2. The Morgan fingerprint density at radius 1 is 1.11 bits per heavy atom. The third kappa shape index (κ3) is 4.46. The lowest BCUT2D eigenvalue weighted by atomic mass is 10.0. The molecule has 0 saturated heterocycles. The van der Waals surface area contributed by atoms with Crippen LogP contribution in [0, 0.1) is 20.8 Å². The number of carbonyl (C=O) groups is 1. The SMILES string of the molecule is CCOc1ccccc1NC(=O)c1sc(-n2nc(C)c(Cc3ccc4c(c3)OCO4)c2C)nc1C. The number of anilines is 1. The maximum Gasteiger partial charge on any atom is 0.267 e. The number of benzene rings is 2. The van der Waals surface area contributed by atoms with Crippen LogP contribution in [-0.2, 0) is 6.42 Å². The Morgan fingerprint density at radius 2 is 1.91 bits per heavy atom. The molecule has 5 rings (SSSR count). The van der Waals surface area contributed by atoms with Crippen LogP contribution in [0.4, 0.5) is 5.69 Å². The highest BCUT2D eigenvalue weighted by Crippen LogP contribution is 2.34. The summed E-state index contributed by atoms with van der Waals surface area (Å²) in [5.74, 6) is 1.95. The number of hydrogen-bond donors (Lipinski definition) is 1. The molecule has 1 N–H and O–H groups in total. The van der Waals surface area contributed by atoms with E-state index in [0.717, 1.165) is 34.0 Å². The fourth-order valence-corrected chi connectivity index (χ4v) is 5.05. The summed E-state index contributed by atoms with van der Waals surface area (Å²) in [6.45, 7) is 8.53. The van der Waals surface area contributed by atoms with Crippen LogP contribution in [0.5, 0.6) is 17.2 Å². The topological polar surface area (TPSA) is 87.5 Å². The van der Waals surface area contributed by atoms with Crippen LogP contribution >= 0.6 is 11.3 Å². The van der Waals surface area contributed by atoms with Crippen molar-refractivity contribution in [2.24, 2.45) is 0 Å². The molecule has 9 heteroatoms. The van der Waals surface area contributed by atoms with Gasteiger partial charge in [-0.15, -0.1) is 0 Å². The molecular weight excluding hydrogens is 464 g/mol. The molecule has 4 aromatic rings. The van der Waals surface area contributed by atoms with Crippen molar-refractivity contribution in [2.45, 2.75) is 34.1 Å². The van der Waals surface area contributed by atoms with Gasteiger partial charge in [0.2, 0.25) is 11.9 Å². The summed E-state index contributed by atoms with van der Waals surface area (Å²) in [5.41, 5.74) is 5.43. The lowest BCUT2D eigenvalue weighted by Gasteiger charge is -2.10. The number of aromatic nitrogens is 3. The standard InChI is InChI=1S/C26H26N4O4S/c1-5-32-21-9-7-6-8-20(21)28-25(31)24-16(3)27-26(35-24)30-17(4)19(15(2)29-30)12-18-10-11-22-23(13-18)34-14-33-22/h6-11,13H,5,12,14H2,1-4H3,(H,28,31). The summed E-state index contributed by atoms with van der Waals surface area (Å²) in [5, 5.41) is 8.35. The first-order chi connectivity index (χ1) is 16.9. The van der Waals surface area contributed by atoms with Crippen molar-refractivity contribution in [1.82, 2.24) is 14.8 Å². The number of thiazole rings is 1. The second-order valence-corrected chi connectivity index (χ2v) is 9.20. The predicted octanol–water partition coefficient (Wildman–Crippen LogP) is 5.22. The van der Waals surface area contributed by atoms with Crippen molar-refractivity contribution < 1.29 is 19.0 Å². The van der Waals surface area contributed by atoms with E-state index in [1.807, 2.05) is 74.8 Å². The van der Waals surface area contributed by atoms with Crippen molar-refractivity contribution in [2.75, 3.05) is 18.7 Å². The van der Waals surface area contributed by atoms with Gasteiger partial charge in [-0.3, -0.25) is 4.79 Å². The van der Waals surface area contributed by atoms with Gasteiger partial charge < -0.3 is 19.5 Å². The van der Waals surface area contributed by atoms with Crippen molar-refractivity contribution in [3.8, 4) is 22.4 Å². The van der Waals surface area contributed by atoms with Crippen LogP contribution in [0.15, 0.2) is 42.5 Å². The molecule has 0 unspecified atom stereocenters. The number of carbonyl (C=O) groups excluding carboxylic acids is 1. The van der Waals surface area contributed by atoms with Gasteiger partial charge in [-0.1, -0.05) is 29.5 Å². The normalized spacial score (nSPS) is 12.1. The number of rotatable bonds is 7. The maximum atomic E-state index is 13.1. The van der Waals surface area contributed by atoms with Crippen LogP contribution < -0.4 is 19.5 Å². The zero-order valence-corrected chi connectivity index (χ0v) is 20.9. The molecule has 0 saturated carbocycles. The van der Waals surface area contributed by atoms with Gasteiger partial charge in [0.15, 0.2) is 11.5 Å². The Kier molecular flexibility index (Phi) is 6.17. The minimum absolute atomic E-state index is 0.222. The quantitative estimate of drug-likeness (QED) is 0.382. The first-order valence-corrected chi connectivity index (χ1v) is 12.2. The number of hydrogen-bond acceptors (Lipinski definition) is 7. The summed E-state index contributed by atoms with van der Waals surface area (Å²) < 4.78 is 18.4. The fourth-order valence-electron chi connectivity index (χ4n) is 4.09. The van der Waals surface area contributed by atoms with Gasteiger partial charge >= 0.3 is 0 Å². The first-order valence-electron chi connectivity index (χ1n) is 11.4. The molecule has 3 heterocycles. The van der Waals surface area contributed by atoms with Crippen LogP contribution in [0.3, 0.4) is 0 Å². The Morgan fingerprint density at radius 3 is 2.74 bits per heavy atom. The zero-order chi connectivity index (χ0) is 24.5. The molecule has 180 valence electrons. The molecule has 1 amide bonds. The molecule has 8 nitrogen and oxygen atoms in total. The maximum absolute atomic E-state index is 13.1. The number of aryl methyl sites for hydroxylation is 2. The monoisotopic (exact) mass is 490 g/mol. The van der Waals surface area contributed by atoms with Gasteiger partial charge in [-0.05, 0) is 57.5 Å². The van der Waals surface area contributed by atoms with Gasteiger partial charge in [0, 0.05) is 17.7 Å². The van der Waals surface area contributed by atoms with E-state index < -0.39 is 0 Å². The van der Waals surface area contributed by atoms with E-state index in [1.54, 1.807) is 0 Å². The average Bonchev–Trinajstić information content (AvgIpc) is 3.54. The van der Waals surface area contributed by atoms with E-state index in [2.05, 4.69) is 10.3 Å². The number of amides is 1. The van der Waals surface area contributed by atoms with E-state index >= 15 is 0 Å². The Labute approximate surface area is 207 Å². The molecule has 0 atom stereocenters. The summed E-state index contributed by atoms with van der Waals surface area (Å²) in [4.78, 5) is 18.3. The molecule has 0 aliphatic carbocycles. The largest absolute Gasteiger partial charge is 0.492 e. The highest BCUT2D eigenvalue weighted by molar-refractivity contribution is 7.16. The average molecular weight is 491 g/mol. The lowest BCUT2D eigenvalue weighted by molar-refractivity contribution is 0.102. The van der Waals surface area contributed by atoms with E-state index in [1.165, 1.54) is 11.3 Å². The minimum atomic E-state index is -0.222. The van der Waals surface area contributed by atoms with Gasteiger partial charge in [0.25, 0.3) is 5.91 Å². The molecule has 0 spiro atoms. The fraction of sp³-hybridized carbons (Fsp3) is 0.269. The smallest absolute Gasteiger partial charge is 0.267 e. The molecule has 0 fully saturated rings. The third-order valence-electron chi connectivity index (χ3n) is 5.87. The van der Waals surface area contributed by atoms with Crippen LogP contribution in [0.25, 0.3) is 5.13 Å². The Balaban J connectivity index is 1.39. The minimum Gasteiger partial charge on any atom is -0.492 e. The molecule has 0 bridgehead atoms. The van der Waals surface area contributed by atoms with Crippen LogP contribution in [0.1, 0.15) is 44.8 Å². The lowest BCUT2D eigenvalue weighted by Crippen LogP contribution is -2.12.